The molecule has 4 nitrogen and oxygen atoms in total. The van der Waals surface area contributed by atoms with Crippen LogP contribution in [0.1, 0.15) is 37.1 Å². The summed E-state index contributed by atoms with van der Waals surface area (Å²) < 4.78 is 7.74. The van der Waals surface area contributed by atoms with Crippen LogP contribution in [0, 0.1) is 18.8 Å². The van der Waals surface area contributed by atoms with Crippen molar-refractivity contribution in [1.82, 2.24) is 9.55 Å². The lowest BCUT2D eigenvalue weighted by atomic mass is 9.69. The third-order valence-electron chi connectivity index (χ3n) is 6.54. The van der Waals surface area contributed by atoms with Gasteiger partial charge in [-0.25, -0.2) is 4.98 Å². The first-order chi connectivity index (χ1) is 13.5. The summed E-state index contributed by atoms with van der Waals surface area (Å²) in [5.74, 6) is 1.64. The maximum atomic E-state index is 11.7. The van der Waals surface area contributed by atoms with Crippen molar-refractivity contribution in [1.29, 1.82) is 0 Å². The number of aryl methyl sites for hydroxylation is 2. The van der Waals surface area contributed by atoms with Crippen LogP contribution in [0.2, 0.25) is 0 Å². The number of hydrogen-bond acceptors (Lipinski definition) is 3. The molecule has 1 fully saturated rings. The molecule has 1 unspecified atom stereocenters. The summed E-state index contributed by atoms with van der Waals surface area (Å²) in [5.41, 5.74) is 5.73. The monoisotopic (exact) mass is 376 g/mol. The fourth-order valence-corrected chi connectivity index (χ4v) is 4.71. The predicted octanol–water partition coefficient (Wildman–Crippen LogP) is 4.89. The third kappa shape index (κ3) is 3.26. The molecule has 1 heterocycles. The van der Waals surface area contributed by atoms with E-state index in [-0.39, 0.29) is 17.9 Å². The van der Waals surface area contributed by atoms with Gasteiger partial charge in [-0.1, -0.05) is 37.3 Å². The van der Waals surface area contributed by atoms with Crippen molar-refractivity contribution in [3.63, 3.8) is 0 Å². The number of carbonyl (C=O) groups is 1. The van der Waals surface area contributed by atoms with Gasteiger partial charge in [-0.2, -0.15) is 0 Å². The van der Waals surface area contributed by atoms with E-state index in [0.717, 1.165) is 41.5 Å². The maximum Gasteiger partial charge on any atom is 0.123 e. The van der Waals surface area contributed by atoms with Crippen LogP contribution in [-0.2, 0) is 16.6 Å². The topological polar surface area (TPSA) is 44.1 Å². The second kappa shape index (κ2) is 7.51. The molecule has 4 atom stereocenters. The number of imidazole rings is 1. The number of hydrogen-bond donors (Lipinski definition) is 0. The molecule has 1 aromatic heterocycles. The van der Waals surface area contributed by atoms with Crippen LogP contribution in [0.15, 0.2) is 42.5 Å². The average molecular weight is 377 g/mol. The fraction of sp³-hybridized carbons (Fsp3) is 0.417. The molecule has 0 bridgehead atoms. The van der Waals surface area contributed by atoms with Gasteiger partial charge in [0.15, 0.2) is 0 Å². The van der Waals surface area contributed by atoms with Crippen molar-refractivity contribution < 1.29 is 9.53 Å². The minimum absolute atomic E-state index is 0.0603. The van der Waals surface area contributed by atoms with Crippen LogP contribution in [0.5, 0.6) is 0 Å². The summed E-state index contributed by atoms with van der Waals surface area (Å²) in [7, 11) is 3.81. The van der Waals surface area contributed by atoms with E-state index < -0.39 is 0 Å². The molecular weight excluding hydrogens is 348 g/mol. The number of aldehydes is 1. The minimum Gasteiger partial charge on any atom is -0.381 e. The summed E-state index contributed by atoms with van der Waals surface area (Å²) in [4.78, 5) is 16.4. The van der Waals surface area contributed by atoms with Crippen LogP contribution >= 0.6 is 0 Å². The third-order valence-corrected chi connectivity index (χ3v) is 6.54. The first-order valence-corrected chi connectivity index (χ1v) is 10.0. The molecule has 4 heteroatoms. The van der Waals surface area contributed by atoms with Gasteiger partial charge in [0, 0.05) is 20.1 Å². The summed E-state index contributed by atoms with van der Waals surface area (Å²) in [6.07, 6.45) is 3.23. The van der Waals surface area contributed by atoms with Crippen molar-refractivity contribution in [2.24, 2.45) is 18.9 Å². The van der Waals surface area contributed by atoms with Gasteiger partial charge >= 0.3 is 0 Å². The lowest BCUT2D eigenvalue weighted by Gasteiger charge is -2.37. The molecule has 1 aliphatic carbocycles. The maximum absolute atomic E-state index is 11.7. The molecular formula is C24H28N2O2. The van der Waals surface area contributed by atoms with Gasteiger partial charge in [0.1, 0.15) is 12.1 Å². The van der Waals surface area contributed by atoms with Gasteiger partial charge in [-0.15, -0.1) is 0 Å². The standard InChI is InChI=1S/C24H28N2O2/c1-15-11-20(28-4)13-21(22(15)14-27)18-7-5-17(6-8-18)19-9-10-24-23(12-19)25-16(2)26(24)3/h5-10,12,14-15,20-22H,11,13H2,1-4H3/t15-,20+,21-,22?/m0/s1. The number of ether oxygens (including phenoxy) is 1. The molecule has 0 radical (unpaired) electrons. The number of fused-ring (bicyclic) bond motifs is 1. The normalized spacial score (nSPS) is 25.1. The van der Waals surface area contributed by atoms with E-state index in [1.807, 2.05) is 14.0 Å². The van der Waals surface area contributed by atoms with Crippen LogP contribution in [0.3, 0.4) is 0 Å². The fourth-order valence-electron chi connectivity index (χ4n) is 4.71. The van der Waals surface area contributed by atoms with Gasteiger partial charge in [0.05, 0.1) is 17.1 Å². The summed E-state index contributed by atoms with van der Waals surface area (Å²) in [6.45, 7) is 4.19. The number of benzene rings is 2. The van der Waals surface area contributed by atoms with Crippen molar-refractivity contribution in [2.75, 3.05) is 7.11 Å². The Hall–Kier alpha value is -2.46. The van der Waals surface area contributed by atoms with Crippen LogP contribution in [0.4, 0.5) is 0 Å². The molecule has 0 saturated heterocycles. The van der Waals surface area contributed by atoms with Gasteiger partial charge in [-0.3, -0.25) is 0 Å². The Kier molecular flexibility index (Phi) is 5.07. The quantitative estimate of drug-likeness (QED) is 0.609. The largest absolute Gasteiger partial charge is 0.381 e. The second-order valence-corrected chi connectivity index (χ2v) is 8.17. The second-order valence-electron chi connectivity index (χ2n) is 8.17. The van der Waals surface area contributed by atoms with Crippen molar-refractivity contribution in [3.8, 4) is 11.1 Å². The highest BCUT2D eigenvalue weighted by molar-refractivity contribution is 5.82. The molecule has 0 aliphatic heterocycles. The Morgan fingerprint density at radius 3 is 2.50 bits per heavy atom. The number of rotatable bonds is 4. The molecule has 3 aromatic rings. The summed E-state index contributed by atoms with van der Waals surface area (Å²) in [6, 6.07) is 15.1. The zero-order chi connectivity index (χ0) is 19.8. The highest BCUT2D eigenvalue weighted by atomic mass is 16.5. The molecule has 1 aliphatic rings. The Labute approximate surface area is 166 Å². The summed E-state index contributed by atoms with van der Waals surface area (Å²) >= 11 is 0. The highest BCUT2D eigenvalue weighted by Gasteiger charge is 2.36. The van der Waals surface area contributed by atoms with Gasteiger partial charge in [0.25, 0.3) is 0 Å². The van der Waals surface area contributed by atoms with E-state index in [1.54, 1.807) is 7.11 Å². The number of aromatic nitrogens is 2. The Balaban J connectivity index is 1.63. The van der Waals surface area contributed by atoms with Crippen molar-refractivity contribution in [2.45, 2.75) is 38.7 Å². The van der Waals surface area contributed by atoms with Gasteiger partial charge < -0.3 is 14.1 Å². The SMILES string of the molecule is CO[C@@H]1C[C@H](C)C(C=O)[C@H](c2ccc(-c3ccc4c(c3)nc(C)n4C)cc2)C1. The highest BCUT2D eigenvalue weighted by Crippen LogP contribution is 2.41. The zero-order valence-electron chi connectivity index (χ0n) is 17.1. The average Bonchev–Trinajstić information content (AvgIpc) is 3.00. The Morgan fingerprint density at radius 1 is 1.11 bits per heavy atom. The molecule has 146 valence electrons. The van der Waals surface area contributed by atoms with Crippen LogP contribution in [0.25, 0.3) is 22.2 Å². The van der Waals surface area contributed by atoms with Crippen molar-refractivity contribution >= 4 is 17.3 Å². The Bertz CT molecular complexity index is 990. The molecule has 28 heavy (non-hydrogen) atoms. The summed E-state index contributed by atoms with van der Waals surface area (Å²) in [5, 5.41) is 0. The number of methoxy groups -OCH3 is 1. The van der Waals surface area contributed by atoms with E-state index in [4.69, 9.17) is 4.74 Å². The van der Waals surface area contributed by atoms with Crippen LogP contribution in [-0.4, -0.2) is 29.1 Å². The van der Waals surface area contributed by atoms with Gasteiger partial charge in [0.2, 0.25) is 0 Å². The van der Waals surface area contributed by atoms with E-state index >= 15 is 0 Å². The Morgan fingerprint density at radius 2 is 1.82 bits per heavy atom. The number of carbonyl (C=O) groups excluding carboxylic acids is 1. The molecule has 2 aromatic carbocycles. The lowest BCUT2D eigenvalue weighted by Crippen LogP contribution is -2.34. The zero-order valence-corrected chi connectivity index (χ0v) is 17.1. The molecule has 0 amide bonds. The van der Waals surface area contributed by atoms with Crippen LogP contribution < -0.4 is 0 Å². The number of nitrogens with zero attached hydrogens (tertiary/aromatic N) is 2. The van der Waals surface area contributed by atoms with Gasteiger partial charge in [-0.05, 0) is 60.4 Å². The predicted molar refractivity (Wildman–Crippen MR) is 112 cm³/mol. The minimum atomic E-state index is 0.0603. The molecule has 1 saturated carbocycles. The smallest absolute Gasteiger partial charge is 0.123 e. The van der Waals surface area contributed by atoms with E-state index in [0.29, 0.717) is 5.92 Å². The first kappa shape index (κ1) is 18.9. The van der Waals surface area contributed by atoms with E-state index in [9.17, 15) is 4.79 Å². The van der Waals surface area contributed by atoms with E-state index in [1.165, 1.54) is 11.1 Å². The molecule has 4 rings (SSSR count). The lowest BCUT2D eigenvalue weighted by molar-refractivity contribution is -0.115. The van der Waals surface area contributed by atoms with Crippen molar-refractivity contribution in [3.05, 3.63) is 53.9 Å². The molecule has 0 spiro atoms. The first-order valence-electron chi connectivity index (χ1n) is 10.0. The molecule has 0 N–H and O–H groups in total. The van der Waals surface area contributed by atoms with E-state index in [2.05, 4.69) is 58.9 Å².